The average Bonchev–Trinajstić information content (AvgIpc) is 3.01. The molecule has 1 aliphatic rings. The van der Waals surface area contributed by atoms with Crippen LogP contribution in [-0.4, -0.2) is 47.8 Å². The molecule has 1 aromatic carbocycles. The molecule has 0 spiro atoms. The molecule has 0 aromatic heterocycles. The largest absolute Gasteiger partial charge is 0.357 e. The third kappa shape index (κ3) is 7.58. The van der Waals surface area contributed by atoms with Gasteiger partial charge in [0.15, 0.2) is 5.96 Å². The molecule has 0 bridgehead atoms. The number of hydrogen-bond donors (Lipinski definition) is 3. The van der Waals surface area contributed by atoms with Gasteiger partial charge in [0, 0.05) is 31.6 Å². The van der Waals surface area contributed by atoms with Gasteiger partial charge in [0.2, 0.25) is 11.8 Å². The molecule has 1 saturated heterocycles. The third-order valence-corrected chi connectivity index (χ3v) is 4.23. The zero-order valence-corrected chi connectivity index (χ0v) is 17.5. The Balaban J connectivity index is 1.93. The van der Waals surface area contributed by atoms with E-state index in [2.05, 4.69) is 27.0 Å². The summed E-state index contributed by atoms with van der Waals surface area (Å²) in [6.45, 7) is 10.7. The van der Waals surface area contributed by atoms with Gasteiger partial charge in [-0.05, 0) is 45.2 Å². The van der Waals surface area contributed by atoms with Gasteiger partial charge in [0.1, 0.15) is 0 Å². The minimum absolute atomic E-state index is 0.0737. The molecule has 0 saturated carbocycles. The summed E-state index contributed by atoms with van der Waals surface area (Å²) in [5, 5.41) is 9.14. The Bertz CT molecular complexity index is 709. The lowest BCUT2D eigenvalue weighted by molar-refractivity contribution is -0.128. The van der Waals surface area contributed by atoms with Crippen molar-refractivity contribution in [1.82, 2.24) is 20.9 Å². The first-order chi connectivity index (χ1) is 13.3. The van der Waals surface area contributed by atoms with E-state index in [4.69, 9.17) is 0 Å². The van der Waals surface area contributed by atoms with E-state index >= 15 is 0 Å². The minimum atomic E-state index is -0.259. The van der Waals surface area contributed by atoms with E-state index in [9.17, 15) is 9.59 Å². The van der Waals surface area contributed by atoms with E-state index in [0.29, 0.717) is 32.0 Å². The van der Waals surface area contributed by atoms with Gasteiger partial charge in [-0.3, -0.25) is 9.59 Å². The van der Waals surface area contributed by atoms with Crippen molar-refractivity contribution < 1.29 is 9.59 Å². The van der Waals surface area contributed by atoms with Gasteiger partial charge < -0.3 is 20.9 Å². The number of nitrogens with one attached hydrogen (secondary N) is 3. The van der Waals surface area contributed by atoms with Crippen LogP contribution in [0.3, 0.4) is 0 Å². The van der Waals surface area contributed by atoms with Crippen LogP contribution in [0.15, 0.2) is 29.3 Å². The quantitative estimate of drug-likeness (QED) is 0.492. The smallest absolute Gasteiger partial charge is 0.239 e. The van der Waals surface area contributed by atoms with Crippen LogP contribution in [-0.2, 0) is 22.7 Å². The minimum Gasteiger partial charge on any atom is -0.357 e. The Hall–Kier alpha value is -2.57. The number of nitrogens with zero attached hydrogens (tertiary/aromatic N) is 2. The Morgan fingerprint density at radius 1 is 1.21 bits per heavy atom. The number of hydrogen-bond acceptors (Lipinski definition) is 3. The predicted molar refractivity (Wildman–Crippen MR) is 112 cm³/mol. The molecule has 0 atom stereocenters. The van der Waals surface area contributed by atoms with Crippen LogP contribution >= 0.6 is 0 Å². The highest BCUT2D eigenvalue weighted by Crippen LogP contribution is 2.15. The molecule has 1 aliphatic heterocycles. The van der Waals surface area contributed by atoms with E-state index in [0.717, 1.165) is 24.1 Å². The van der Waals surface area contributed by atoms with Crippen molar-refractivity contribution in [3.05, 3.63) is 35.4 Å². The number of amides is 2. The highest BCUT2D eigenvalue weighted by Gasteiger charge is 2.20. The van der Waals surface area contributed by atoms with Gasteiger partial charge in [0.05, 0.1) is 13.1 Å². The van der Waals surface area contributed by atoms with Crippen LogP contribution in [0.5, 0.6) is 0 Å². The maximum absolute atomic E-state index is 12.0. The Morgan fingerprint density at radius 2 is 1.96 bits per heavy atom. The van der Waals surface area contributed by atoms with E-state index in [-0.39, 0.29) is 23.9 Å². The zero-order chi connectivity index (χ0) is 20.6. The van der Waals surface area contributed by atoms with Crippen molar-refractivity contribution in [3.8, 4) is 0 Å². The highest BCUT2D eigenvalue weighted by molar-refractivity contribution is 5.86. The number of carbonyl (C=O) groups excluding carboxylic acids is 2. The highest BCUT2D eigenvalue weighted by atomic mass is 16.2. The first-order valence-electron chi connectivity index (χ1n) is 9.95. The number of aliphatic imine (C=N–C) groups is 1. The van der Waals surface area contributed by atoms with Gasteiger partial charge in [-0.1, -0.05) is 24.3 Å². The molecular formula is C21H33N5O2. The van der Waals surface area contributed by atoms with Crippen LogP contribution in [0, 0.1) is 0 Å². The lowest BCUT2D eigenvalue weighted by atomic mass is 10.1. The van der Waals surface area contributed by atoms with Crippen molar-refractivity contribution in [3.63, 3.8) is 0 Å². The Labute approximate surface area is 168 Å². The van der Waals surface area contributed by atoms with Gasteiger partial charge in [-0.15, -0.1) is 0 Å². The molecule has 2 amide bonds. The van der Waals surface area contributed by atoms with Crippen LogP contribution in [0.2, 0.25) is 0 Å². The molecule has 3 N–H and O–H groups in total. The van der Waals surface area contributed by atoms with Crippen LogP contribution in [0.4, 0.5) is 0 Å². The van der Waals surface area contributed by atoms with Crippen molar-refractivity contribution >= 4 is 17.8 Å². The molecule has 1 aromatic rings. The molecule has 7 nitrogen and oxygen atoms in total. The fourth-order valence-electron chi connectivity index (χ4n) is 3.06. The summed E-state index contributed by atoms with van der Waals surface area (Å²) in [6, 6.07) is 8.15. The van der Waals surface area contributed by atoms with E-state index in [1.165, 1.54) is 0 Å². The molecule has 0 aliphatic carbocycles. The second-order valence-electron chi connectivity index (χ2n) is 8.09. The second kappa shape index (κ2) is 10.1. The number of carbonyl (C=O) groups is 2. The third-order valence-electron chi connectivity index (χ3n) is 4.23. The summed E-state index contributed by atoms with van der Waals surface area (Å²) in [5.41, 5.74) is 1.93. The molecule has 1 fully saturated rings. The number of guanidine groups is 1. The van der Waals surface area contributed by atoms with Crippen molar-refractivity contribution in [2.24, 2.45) is 4.99 Å². The molecule has 0 radical (unpaired) electrons. The zero-order valence-electron chi connectivity index (χ0n) is 17.5. The Kier molecular flexibility index (Phi) is 7.84. The van der Waals surface area contributed by atoms with Gasteiger partial charge in [-0.2, -0.15) is 0 Å². The van der Waals surface area contributed by atoms with E-state index in [1.807, 2.05) is 50.8 Å². The van der Waals surface area contributed by atoms with Crippen LogP contribution in [0.25, 0.3) is 0 Å². The molecule has 0 unspecified atom stereocenters. The van der Waals surface area contributed by atoms with Crippen LogP contribution < -0.4 is 16.0 Å². The summed E-state index contributed by atoms with van der Waals surface area (Å²) < 4.78 is 0. The number of rotatable bonds is 7. The number of likely N-dealkylation sites (tertiary alicyclic amines) is 1. The molecule has 1 heterocycles. The molecule has 7 heteroatoms. The predicted octanol–water partition coefficient (Wildman–Crippen LogP) is 1.78. The van der Waals surface area contributed by atoms with Gasteiger partial charge in [-0.25, -0.2) is 4.99 Å². The summed E-state index contributed by atoms with van der Waals surface area (Å²) in [7, 11) is 0. The van der Waals surface area contributed by atoms with E-state index < -0.39 is 0 Å². The van der Waals surface area contributed by atoms with Crippen molar-refractivity contribution in [1.29, 1.82) is 0 Å². The maximum atomic E-state index is 12.0. The lowest BCUT2D eigenvalue weighted by Crippen LogP contribution is -2.48. The monoisotopic (exact) mass is 387 g/mol. The SMILES string of the molecule is CCNC(=NCc1cccc(CN2CCCC2=O)c1)NCC(=O)NC(C)(C)C. The topological polar surface area (TPSA) is 85.8 Å². The normalized spacial score (nSPS) is 14.9. The second-order valence-corrected chi connectivity index (χ2v) is 8.09. The molecular weight excluding hydrogens is 354 g/mol. The molecule has 154 valence electrons. The average molecular weight is 388 g/mol. The standard InChI is InChI=1S/C21H33N5O2/c1-5-22-20(24-14-18(27)25-21(2,3)4)23-13-16-8-6-9-17(12-16)15-26-11-7-10-19(26)28/h6,8-9,12H,5,7,10-11,13-15H2,1-4H3,(H,25,27)(H2,22,23,24). The van der Waals surface area contributed by atoms with Crippen molar-refractivity contribution in [2.45, 2.75) is 59.2 Å². The first kappa shape index (κ1) is 21.7. The number of benzene rings is 1. The molecule has 28 heavy (non-hydrogen) atoms. The fourth-order valence-corrected chi connectivity index (χ4v) is 3.06. The summed E-state index contributed by atoms with van der Waals surface area (Å²) >= 11 is 0. The van der Waals surface area contributed by atoms with Gasteiger partial charge in [0.25, 0.3) is 0 Å². The Morgan fingerprint density at radius 3 is 2.61 bits per heavy atom. The summed E-state index contributed by atoms with van der Waals surface area (Å²) in [4.78, 5) is 30.3. The van der Waals surface area contributed by atoms with Crippen LogP contribution in [0.1, 0.15) is 51.7 Å². The lowest BCUT2D eigenvalue weighted by Gasteiger charge is -2.21. The first-order valence-corrected chi connectivity index (χ1v) is 9.95. The van der Waals surface area contributed by atoms with Crippen molar-refractivity contribution in [2.75, 3.05) is 19.6 Å². The van der Waals surface area contributed by atoms with E-state index in [1.54, 1.807) is 0 Å². The maximum Gasteiger partial charge on any atom is 0.239 e. The molecule has 2 rings (SSSR count). The summed E-state index contributed by atoms with van der Waals surface area (Å²) in [6.07, 6.45) is 1.60. The summed E-state index contributed by atoms with van der Waals surface area (Å²) in [5.74, 6) is 0.762. The van der Waals surface area contributed by atoms with Gasteiger partial charge >= 0.3 is 0 Å². The fraction of sp³-hybridized carbons (Fsp3) is 0.571.